The number of amides is 1. The highest BCUT2D eigenvalue weighted by Crippen LogP contribution is 2.43. The zero-order valence-electron chi connectivity index (χ0n) is 16.2. The first-order valence-corrected chi connectivity index (χ1v) is 10.6. The monoisotopic (exact) mass is 443 g/mol. The lowest BCUT2D eigenvalue weighted by Crippen LogP contribution is -2.46. The highest BCUT2D eigenvalue weighted by Gasteiger charge is 2.54. The third-order valence-corrected chi connectivity index (χ3v) is 5.94. The molecule has 2 N–H and O–H groups in total. The maximum Gasteiger partial charge on any atom is 0.276 e. The standard InChI is InChI=1S/C21H18ClN3O4S/c1-29-13-9-7-12(8-10-13)11-25-19(27)17-16(18(26)24-20(23-17)30-2)21(25,28)14-5-3-4-6-15(14)22/h3-10,28H,11H2,1-2H3,(H,23,24,26). The number of methoxy groups -OCH3 is 1. The van der Waals surface area contributed by atoms with Crippen molar-refractivity contribution in [3.8, 4) is 5.75 Å². The smallest absolute Gasteiger partial charge is 0.276 e. The zero-order chi connectivity index (χ0) is 21.5. The summed E-state index contributed by atoms with van der Waals surface area (Å²) in [5.41, 5.74) is -1.90. The number of aliphatic hydroxyl groups is 1. The van der Waals surface area contributed by atoms with E-state index in [-0.39, 0.29) is 28.4 Å². The van der Waals surface area contributed by atoms with Crippen molar-refractivity contribution in [2.75, 3.05) is 13.4 Å². The minimum absolute atomic E-state index is 0.0367. The molecule has 30 heavy (non-hydrogen) atoms. The van der Waals surface area contributed by atoms with Crippen molar-refractivity contribution >= 4 is 29.3 Å². The Kier molecular flexibility index (Phi) is 5.31. The van der Waals surface area contributed by atoms with Crippen LogP contribution in [-0.4, -0.2) is 39.2 Å². The Bertz CT molecular complexity index is 1180. The minimum atomic E-state index is -2.07. The number of halogens is 1. The second-order valence-corrected chi connectivity index (χ2v) is 7.89. The molecule has 0 saturated heterocycles. The Hall–Kier alpha value is -2.81. The largest absolute Gasteiger partial charge is 0.497 e. The first-order valence-electron chi connectivity index (χ1n) is 9.01. The highest BCUT2D eigenvalue weighted by molar-refractivity contribution is 7.98. The number of hydrogen-bond donors (Lipinski definition) is 2. The number of ether oxygens (including phenoxy) is 1. The van der Waals surface area contributed by atoms with Gasteiger partial charge >= 0.3 is 0 Å². The first-order chi connectivity index (χ1) is 14.4. The number of nitrogens with one attached hydrogen (secondary N) is 1. The van der Waals surface area contributed by atoms with Crippen LogP contribution in [0.15, 0.2) is 58.5 Å². The van der Waals surface area contributed by atoms with Gasteiger partial charge in [0, 0.05) is 17.1 Å². The van der Waals surface area contributed by atoms with Crippen LogP contribution in [0.3, 0.4) is 0 Å². The quantitative estimate of drug-likeness (QED) is 0.465. The lowest BCUT2D eigenvalue weighted by molar-refractivity contribution is -0.0550. The average Bonchev–Trinajstić information content (AvgIpc) is 2.97. The number of rotatable bonds is 5. The number of H-pyrrole nitrogens is 1. The highest BCUT2D eigenvalue weighted by atomic mass is 35.5. The predicted octanol–water partition coefficient (Wildman–Crippen LogP) is 3.00. The van der Waals surface area contributed by atoms with E-state index in [9.17, 15) is 14.7 Å². The van der Waals surface area contributed by atoms with Gasteiger partial charge in [-0.2, -0.15) is 0 Å². The predicted molar refractivity (Wildman–Crippen MR) is 114 cm³/mol. The fourth-order valence-corrected chi connectivity index (χ4v) is 4.21. The van der Waals surface area contributed by atoms with E-state index in [1.807, 2.05) is 0 Å². The first kappa shape index (κ1) is 20.5. The van der Waals surface area contributed by atoms with Crippen molar-refractivity contribution in [1.82, 2.24) is 14.9 Å². The van der Waals surface area contributed by atoms with Crippen LogP contribution < -0.4 is 10.3 Å². The summed E-state index contributed by atoms with van der Waals surface area (Å²) in [4.78, 5) is 34.3. The van der Waals surface area contributed by atoms with Gasteiger partial charge in [0.2, 0.25) is 5.72 Å². The van der Waals surface area contributed by atoms with E-state index in [2.05, 4.69) is 9.97 Å². The molecule has 154 valence electrons. The van der Waals surface area contributed by atoms with Gasteiger partial charge in [-0.15, -0.1) is 0 Å². The molecule has 0 saturated carbocycles. The van der Waals surface area contributed by atoms with Crippen LogP contribution in [0.2, 0.25) is 5.02 Å². The topological polar surface area (TPSA) is 95.5 Å². The van der Waals surface area contributed by atoms with Gasteiger partial charge in [-0.25, -0.2) is 4.98 Å². The molecule has 1 atom stereocenters. The fourth-order valence-electron chi connectivity index (χ4n) is 3.56. The Morgan fingerprint density at radius 3 is 2.53 bits per heavy atom. The molecule has 0 radical (unpaired) electrons. The van der Waals surface area contributed by atoms with Gasteiger partial charge < -0.3 is 14.8 Å². The van der Waals surface area contributed by atoms with Gasteiger partial charge in [0.05, 0.1) is 7.11 Å². The molecule has 0 spiro atoms. The third kappa shape index (κ3) is 3.17. The molecule has 7 nitrogen and oxygen atoms in total. The van der Waals surface area contributed by atoms with Crippen LogP contribution in [0, 0.1) is 0 Å². The Balaban J connectivity index is 1.91. The molecular weight excluding hydrogens is 426 g/mol. The van der Waals surface area contributed by atoms with E-state index < -0.39 is 17.2 Å². The van der Waals surface area contributed by atoms with Gasteiger partial charge in [0.1, 0.15) is 17.0 Å². The summed E-state index contributed by atoms with van der Waals surface area (Å²) < 4.78 is 5.17. The van der Waals surface area contributed by atoms with Crippen molar-refractivity contribution in [1.29, 1.82) is 0 Å². The SMILES string of the molecule is COc1ccc(CN2C(=O)c3nc(SC)[nH]c(=O)c3C2(O)c2ccccc2Cl)cc1. The van der Waals surface area contributed by atoms with Crippen molar-refractivity contribution in [2.24, 2.45) is 0 Å². The van der Waals surface area contributed by atoms with E-state index >= 15 is 0 Å². The fraction of sp³-hybridized carbons (Fsp3) is 0.190. The van der Waals surface area contributed by atoms with E-state index in [1.165, 1.54) is 16.7 Å². The molecule has 3 aromatic rings. The van der Waals surface area contributed by atoms with Gasteiger partial charge in [0.15, 0.2) is 5.16 Å². The van der Waals surface area contributed by atoms with E-state index in [0.717, 1.165) is 5.56 Å². The molecule has 1 aromatic heterocycles. The summed E-state index contributed by atoms with van der Waals surface area (Å²) in [7, 11) is 1.56. The summed E-state index contributed by atoms with van der Waals surface area (Å²) in [5, 5.41) is 12.4. The Morgan fingerprint density at radius 2 is 1.90 bits per heavy atom. The third-order valence-electron chi connectivity index (χ3n) is 5.03. The van der Waals surface area contributed by atoms with Gasteiger partial charge in [-0.3, -0.25) is 14.5 Å². The molecule has 2 heterocycles. The minimum Gasteiger partial charge on any atom is -0.497 e. The molecule has 0 aliphatic carbocycles. The number of benzene rings is 2. The molecule has 0 fully saturated rings. The van der Waals surface area contributed by atoms with Gasteiger partial charge in [0.25, 0.3) is 11.5 Å². The molecule has 1 amide bonds. The van der Waals surface area contributed by atoms with E-state index in [1.54, 1.807) is 61.9 Å². The summed E-state index contributed by atoms with van der Waals surface area (Å²) in [5.74, 6) is 0.114. The van der Waals surface area contributed by atoms with E-state index in [4.69, 9.17) is 16.3 Å². The van der Waals surface area contributed by atoms with Gasteiger partial charge in [-0.05, 0) is 30.0 Å². The Labute approximate surface area is 181 Å². The van der Waals surface area contributed by atoms with Crippen LogP contribution >= 0.6 is 23.4 Å². The molecule has 2 aromatic carbocycles. The number of nitrogens with zero attached hydrogens (tertiary/aromatic N) is 2. The zero-order valence-corrected chi connectivity index (χ0v) is 17.8. The number of carbonyl (C=O) groups excluding carboxylic acids is 1. The van der Waals surface area contributed by atoms with Crippen molar-refractivity contribution in [2.45, 2.75) is 17.4 Å². The Morgan fingerprint density at radius 1 is 1.20 bits per heavy atom. The second kappa shape index (κ2) is 7.79. The summed E-state index contributed by atoms with van der Waals surface area (Å²) in [6.45, 7) is 0.0367. The molecule has 9 heteroatoms. The summed E-state index contributed by atoms with van der Waals surface area (Å²) >= 11 is 7.58. The summed E-state index contributed by atoms with van der Waals surface area (Å²) in [6.07, 6.45) is 1.74. The van der Waals surface area contributed by atoms with Crippen molar-refractivity contribution in [3.63, 3.8) is 0 Å². The normalized spacial score (nSPS) is 17.9. The van der Waals surface area contributed by atoms with E-state index in [0.29, 0.717) is 10.9 Å². The summed E-state index contributed by atoms with van der Waals surface area (Å²) in [6, 6.07) is 13.7. The number of aromatic nitrogens is 2. The second-order valence-electron chi connectivity index (χ2n) is 6.69. The van der Waals surface area contributed by atoms with Crippen molar-refractivity contribution < 1.29 is 14.6 Å². The lowest BCUT2D eigenvalue weighted by Gasteiger charge is -2.34. The van der Waals surface area contributed by atoms with Crippen LogP contribution in [-0.2, 0) is 12.3 Å². The molecular formula is C21H18ClN3O4S. The van der Waals surface area contributed by atoms with Crippen LogP contribution in [0.4, 0.5) is 0 Å². The number of thioether (sulfide) groups is 1. The number of hydrogen-bond acceptors (Lipinski definition) is 6. The molecule has 1 aliphatic heterocycles. The van der Waals surface area contributed by atoms with Crippen molar-refractivity contribution in [3.05, 3.63) is 86.3 Å². The maximum atomic E-state index is 13.3. The molecule has 4 rings (SSSR count). The molecule has 0 bridgehead atoms. The number of fused-ring (bicyclic) bond motifs is 1. The lowest BCUT2D eigenvalue weighted by atomic mass is 9.95. The molecule has 1 aliphatic rings. The molecule has 1 unspecified atom stereocenters. The van der Waals surface area contributed by atoms with Crippen LogP contribution in [0.25, 0.3) is 0 Å². The number of carbonyl (C=O) groups is 1. The van der Waals surface area contributed by atoms with Gasteiger partial charge in [-0.1, -0.05) is 53.7 Å². The maximum absolute atomic E-state index is 13.3. The van der Waals surface area contributed by atoms with Crippen LogP contribution in [0.5, 0.6) is 5.75 Å². The number of aromatic amines is 1. The average molecular weight is 444 g/mol. The van der Waals surface area contributed by atoms with Crippen LogP contribution in [0.1, 0.15) is 27.2 Å².